The van der Waals surface area contributed by atoms with Crippen LogP contribution in [0.3, 0.4) is 0 Å². The Morgan fingerprint density at radius 3 is 2.53 bits per heavy atom. The first kappa shape index (κ1) is 21.7. The van der Waals surface area contributed by atoms with Crippen molar-refractivity contribution in [2.75, 3.05) is 0 Å². The van der Waals surface area contributed by atoms with E-state index in [1.54, 1.807) is 0 Å². The lowest BCUT2D eigenvalue weighted by Gasteiger charge is -2.15. The zero-order chi connectivity index (χ0) is 22.5. The number of unbranched alkanes of at least 4 members (excludes halogenated alkanes) is 1. The SMILES string of the molecule is CCCCc1cc(C(C)C)c(C=O)n1Cc1ccc(-c2ccccc2)c(-c2nnn[nH]2)c1. The smallest absolute Gasteiger partial charge is 0.180 e. The van der Waals surface area contributed by atoms with E-state index in [1.165, 1.54) is 5.69 Å². The summed E-state index contributed by atoms with van der Waals surface area (Å²) in [5.74, 6) is 0.927. The Kier molecular flexibility index (Phi) is 6.59. The van der Waals surface area contributed by atoms with Crippen LogP contribution < -0.4 is 0 Å². The number of H-pyrrole nitrogens is 1. The second kappa shape index (κ2) is 9.73. The predicted octanol–water partition coefficient (Wildman–Crippen LogP) is 5.66. The molecule has 0 fully saturated rings. The van der Waals surface area contributed by atoms with Crippen LogP contribution in [0.25, 0.3) is 22.5 Å². The Morgan fingerprint density at radius 2 is 1.88 bits per heavy atom. The molecule has 0 aliphatic heterocycles. The summed E-state index contributed by atoms with van der Waals surface area (Å²) >= 11 is 0. The van der Waals surface area contributed by atoms with Crippen LogP contribution in [0.5, 0.6) is 0 Å². The van der Waals surface area contributed by atoms with Gasteiger partial charge in [0.05, 0.1) is 5.69 Å². The molecular weight excluding hydrogens is 398 g/mol. The number of benzene rings is 2. The van der Waals surface area contributed by atoms with E-state index in [9.17, 15) is 4.79 Å². The van der Waals surface area contributed by atoms with Gasteiger partial charge in [0.25, 0.3) is 0 Å². The molecule has 0 aliphatic rings. The van der Waals surface area contributed by atoms with Gasteiger partial charge in [0.1, 0.15) is 0 Å². The van der Waals surface area contributed by atoms with Crippen LogP contribution in [0.4, 0.5) is 0 Å². The average molecular weight is 428 g/mol. The fourth-order valence-corrected chi connectivity index (χ4v) is 4.20. The number of rotatable bonds is 9. The number of aldehydes is 1. The summed E-state index contributed by atoms with van der Waals surface area (Å²) in [6, 6.07) is 18.8. The molecule has 4 aromatic rings. The van der Waals surface area contributed by atoms with E-state index in [0.717, 1.165) is 59.1 Å². The predicted molar refractivity (Wildman–Crippen MR) is 127 cm³/mol. The molecule has 4 rings (SSSR count). The Labute approximate surface area is 188 Å². The number of nitrogens with one attached hydrogen (secondary N) is 1. The van der Waals surface area contributed by atoms with Crippen LogP contribution in [0, 0.1) is 0 Å². The molecule has 0 spiro atoms. The highest BCUT2D eigenvalue weighted by molar-refractivity contribution is 5.81. The molecule has 2 aromatic heterocycles. The van der Waals surface area contributed by atoms with Crippen LogP contribution in [-0.2, 0) is 13.0 Å². The molecule has 6 nitrogen and oxygen atoms in total. The molecule has 0 saturated carbocycles. The van der Waals surface area contributed by atoms with Crippen LogP contribution in [-0.4, -0.2) is 31.5 Å². The number of tetrazole rings is 1. The van der Waals surface area contributed by atoms with E-state index in [4.69, 9.17) is 0 Å². The minimum absolute atomic E-state index is 0.299. The molecule has 0 radical (unpaired) electrons. The largest absolute Gasteiger partial charge is 0.338 e. The zero-order valence-electron chi connectivity index (χ0n) is 18.9. The van der Waals surface area contributed by atoms with Gasteiger partial charge in [-0.1, -0.05) is 69.7 Å². The van der Waals surface area contributed by atoms with Crippen molar-refractivity contribution in [3.05, 3.63) is 77.1 Å². The van der Waals surface area contributed by atoms with Gasteiger partial charge in [-0.2, -0.15) is 0 Å². The fourth-order valence-electron chi connectivity index (χ4n) is 4.20. The van der Waals surface area contributed by atoms with E-state index in [2.05, 4.69) is 82.4 Å². The number of aromatic nitrogens is 5. The normalized spacial score (nSPS) is 11.2. The van der Waals surface area contributed by atoms with E-state index in [-0.39, 0.29) is 0 Å². The molecule has 0 bridgehead atoms. The minimum atomic E-state index is 0.299. The number of nitrogens with zero attached hydrogens (tertiary/aromatic N) is 4. The summed E-state index contributed by atoms with van der Waals surface area (Å²) < 4.78 is 2.18. The second-order valence-corrected chi connectivity index (χ2v) is 8.43. The highest BCUT2D eigenvalue weighted by atomic mass is 16.1. The molecule has 0 amide bonds. The molecule has 164 valence electrons. The Bertz CT molecular complexity index is 1180. The summed E-state index contributed by atoms with van der Waals surface area (Å²) in [6.45, 7) is 7.10. The molecule has 1 N–H and O–H groups in total. The van der Waals surface area contributed by atoms with E-state index >= 15 is 0 Å². The topological polar surface area (TPSA) is 76.5 Å². The van der Waals surface area contributed by atoms with Gasteiger partial charge >= 0.3 is 0 Å². The van der Waals surface area contributed by atoms with Gasteiger partial charge in [-0.15, -0.1) is 5.10 Å². The van der Waals surface area contributed by atoms with Crippen molar-refractivity contribution >= 4 is 6.29 Å². The van der Waals surface area contributed by atoms with Crippen LogP contribution in [0.2, 0.25) is 0 Å². The quantitative estimate of drug-likeness (QED) is 0.350. The molecule has 32 heavy (non-hydrogen) atoms. The zero-order valence-corrected chi connectivity index (χ0v) is 18.9. The molecule has 0 unspecified atom stereocenters. The number of carbonyl (C=O) groups excluding carboxylic acids is 1. The van der Waals surface area contributed by atoms with Crippen molar-refractivity contribution in [1.29, 1.82) is 0 Å². The summed E-state index contributed by atoms with van der Waals surface area (Å²) in [4.78, 5) is 12.1. The molecular formula is C26H29N5O. The molecule has 0 saturated heterocycles. The third-order valence-corrected chi connectivity index (χ3v) is 5.89. The molecule has 2 heterocycles. The molecule has 0 aliphatic carbocycles. The van der Waals surface area contributed by atoms with Crippen molar-refractivity contribution in [3.63, 3.8) is 0 Å². The van der Waals surface area contributed by atoms with Gasteiger partial charge in [0.15, 0.2) is 12.1 Å². The van der Waals surface area contributed by atoms with Gasteiger partial charge in [0, 0.05) is 17.8 Å². The Morgan fingerprint density at radius 1 is 1.06 bits per heavy atom. The summed E-state index contributed by atoms with van der Waals surface area (Å²) in [6.07, 6.45) is 4.18. The van der Waals surface area contributed by atoms with Gasteiger partial charge in [-0.25, -0.2) is 5.10 Å². The maximum atomic E-state index is 12.1. The highest BCUT2D eigenvalue weighted by Gasteiger charge is 2.18. The lowest BCUT2D eigenvalue weighted by Crippen LogP contribution is -2.09. The third kappa shape index (κ3) is 4.40. The second-order valence-electron chi connectivity index (χ2n) is 8.43. The summed E-state index contributed by atoms with van der Waals surface area (Å²) in [5.41, 5.74) is 7.32. The maximum Gasteiger partial charge on any atom is 0.180 e. The summed E-state index contributed by atoms with van der Waals surface area (Å²) in [5, 5.41) is 14.6. The number of carbonyl (C=O) groups is 1. The van der Waals surface area contributed by atoms with Crippen molar-refractivity contribution in [3.8, 4) is 22.5 Å². The number of aromatic amines is 1. The maximum absolute atomic E-state index is 12.1. The number of hydrogen-bond acceptors (Lipinski definition) is 4. The highest BCUT2D eigenvalue weighted by Crippen LogP contribution is 2.32. The van der Waals surface area contributed by atoms with Gasteiger partial charge < -0.3 is 4.57 Å². The standard InChI is InChI=1S/C26H29N5O/c1-4-5-11-21-15-23(18(2)3)25(17-32)31(21)16-19-12-13-22(20-9-7-6-8-10-20)24(14-19)26-27-29-30-28-26/h6-10,12-15,17-18H,4-5,11,16H2,1-3H3,(H,27,28,29,30). The molecule has 2 aromatic carbocycles. The van der Waals surface area contributed by atoms with E-state index < -0.39 is 0 Å². The van der Waals surface area contributed by atoms with Gasteiger partial charge in [-0.05, 0) is 63.6 Å². The monoisotopic (exact) mass is 427 g/mol. The first-order valence-corrected chi connectivity index (χ1v) is 11.2. The van der Waals surface area contributed by atoms with Gasteiger partial charge in [0.2, 0.25) is 0 Å². The minimum Gasteiger partial charge on any atom is -0.338 e. The first-order valence-electron chi connectivity index (χ1n) is 11.2. The van der Waals surface area contributed by atoms with Crippen molar-refractivity contribution in [1.82, 2.24) is 25.2 Å². The van der Waals surface area contributed by atoms with E-state index in [1.807, 2.05) is 18.2 Å². The average Bonchev–Trinajstić information content (AvgIpc) is 3.46. The van der Waals surface area contributed by atoms with E-state index in [0.29, 0.717) is 18.3 Å². The van der Waals surface area contributed by atoms with Crippen LogP contribution >= 0.6 is 0 Å². The number of hydrogen-bond donors (Lipinski definition) is 1. The number of aryl methyl sites for hydroxylation is 1. The third-order valence-electron chi connectivity index (χ3n) is 5.89. The molecule has 0 atom stereocenters. The summed E-state index contributed by atoms with van der Waals surface area (Å²) in [7, 11) is 0. The van der Waals surface area contributed by atoms with Gasteiger partial charge in [-0.3, -0.25) is 4.79 Å². The Hall–Kier alpha value is -3.54. The molecule has 6 heteroatoms. The van der Waals surface area contributed by atoms with Crippen molar-refractivity contribution in [2.45, 2.75) is 52.5 Å². The van der Waals surface area contributed by atoms with Crippen molar-refractivity contribution < 1.29 is 4.79 Å². The van der Waals surface area contributed by atoms with Crippen LogP contribution in [0.1, 0.15) is 66.8 Å². The van der Waals surface area contributed by atoms with Crippen LogP contribution in [0.15, 0.2) is 54.6 Å². The lowest BCUT2D eigenvalue weighted by atomic mass is 9.97. The van der Waals surface area contributed by atoms with Crippen molar-refractivity contribution in [2.24, 2.45) is 0 Å². The lowest BCUT2D eigenvalue weighted by molar-refractivity contribution is 0.111. The Balaban J connectivity index is 1.79. The fraction of sp³-hybridized carbons (Fsp3) is 0.308. The first-order chi connectivity index (χ1) is 15.6.